The molecule has 3 saturated heterocycles. The molecule has 3 aliphatic heterocycles. The summed E-state index contributed by atoms with van der Waals surface area (Å²) in [7, 11) is 1.68. The van der Waals surface area contributed by atoms with Gasteiger partial charge in [-0.1, -0.05) is 88.7 Å². The van der Waals surface area contributed by atoms with E-state index in [0.29, 0.717) is 24.1 Å². The summed E-state index contributed by atoms with van der Waals surface area (Å²) in [4.78, 5) is 61.4. The lowest BCUT2D eigenvalue weighted by molar-refractivity contribution is -0.164. The van der Waals surface area contributed by atoms with Crippen molar-refractivity contribution in [3.63, 3.8) is 0 Å². The second kappa shape index (κ2) is 15.7. The Morgan fingerprint density at radius 1 is 1.08 bits per heavy atom. The highest BCUT2D eigenvalue weighted by molar-refractivity contribution is 9.09. The minimum atomic E-state index is -1.33. The SMILES string of the molecule is C=CCCC(=O)N(C)[C@@H](C)[C@@H](OC(=O)[C@@H]1[C@H]2O[C@@]3(CC2Br)[C@H](C(=O)N(CC=C)c2ccc4ccccc4c2)N(CCCO)C(=O)[C@@H]13)c1ccccc1. The van der Waals surface area contributed by atoms with Crippen LogP contribution >= 0.6 is 15.9 Å². The first kappa shape index (κ1) is 37.4. The number of aliphatic hydroxyl groups is 1. The Bertz CT molecular complexity index is 1840. The first-order valence-electron chi connectivity index (χ1n) is 17.8. The molecule has 2 bridgehead atoms. The molecule has 0 radical (unpaired) electrons. The molecule has 3 heterocycles. The fourth-order valence-corrected chi connectivity index (χ4v) is 9.17. The zero-order valence-electron chi connectivity index (χ0n) is 29.6. The fourth-order valence-electron chi connectivity index (χ4n) is 8.23. The number of ether oxygens (including phenoxy) is 2. The van der Waals surface area contributed by atoms with Crippen molar-refractivity contribution in [1.82, 2.24) is 9.80 Å². The lowest BCUT2D eigenvalue weighted by Gasteiger charge is -2.37. The predicted octanol–water partition coefficient (Wildman–Crippen LogP) is 5.59. The molecule has 11 heteroatoms. The van der Waals surface area contributed by atoms with Gasteiger partial charge in [0.1, 0.15) is 17.7 Å². The van der Waals surface area contributed by atoms with Crippen molar-refractivity contribution in [2.75, 3.05) is 31.6 Å². The van der Waals surface area contributed by atoms with E-state index in [1.165, 1.54) is 4.90 Å². The molecular weight excluding hydrogens is 726 g/mol. The zero-order valence-corrected chi connectivity index (χ0v) is 31.2. The normalized spacial score (nSPS) is 25.7. The van der Waals surface area contributed by atoms with Crippen LogP contribution in [-0.2, 0) is 28.7 Å². The quantitative estimate of drug-likeness (QED) is 0.122. The second-order valence-electron chi connectivity index (χ2n) is 13.9. The van der Waals surface area contributed by atoms with E-state index >= 15 is 0 Å². The van der Waals surface area contributed by atoms with Gasteiger partial charge < -0.3 is 29.3 Å². The molecule has 0 saturated carbocycles. The van der Waals surface area contributed by atoms with E-state index in [1.54, 1.807) is 29.0 Å². The maximum atomic E-state index is 14.9. The zero-order chi connectivity index (χ0) is 37.2. The molecular formula is C41H46BrN3O7. The minimum absolute atomic E-state index is 0.105. The molecule has 1 unspecified atom stereocenters. The predicted molar refractivity (Wildman–Crippen MR) is 203 cm³/mol. The van der Waals surface area contributed by atoms with Gasteiger partial charge >= 0.3 is 5.97 Å². The van der Waals surface area contributed by atoms with Gasteiger partial charge in [-0.05, 0) is 54.7 Å². The average molecular weight is 773 g/mol. The molecule has 52 heavy (non-hydrogen) atoms. The number of carbonyl (C=O) groups excluding carboxylic acids is 4. The van der Waals surface area contributed by atoms with Gasteiger partial charge in [-0.2, -0.15) is 0 Å². The molecule has 3 fully saturated rings. The summed E-state index contributed by atoms with van der Waals surface area (Å²) in [6.45, 7) is 9.55. The van der Waals surface area contributed by atoms with Crippen molar-refractivity contribution in [2.24, 2.45) is 11.8 Å². The summed E-state index contributed by atoms with van der Waals surface area (Å²) < 4.78 is 13.1. The van der Waals surface area contributed by atoms with E-state index in [1.807, 2.05) is 79.7 Å². The smallest absolute Gasteiger partial charge is 0.313 e. The van der Waals surface area contributed by atoms with Gasteiger partial charge in [0.25, 0.3) is 5.91 Å². The number of hydrogen-bond donors (Lipinski definition) is 1. The molecule has 0 aromatic heterocycles. The molecule has 3 aromatic carbocycles. The fraction of sp³-hybridized carbons (Fsp3) is 0.415. The topological polar surface area (TPSA) is 117 Å². The van der Waals surface area contributed by atoms with Crippen LogP contribution in [0.2, 0.25) is 0 Å². The van der Waals surface area contributed by atoms with Crippen LogP contribution in [-0.4, -0.2) is 94.0 Å². The van der Waals surface area contributed by atoms with Gasteiger partial charge in [0.05, 0.1) is 24.0 Å². The van der Waals surface area contributed by atoms with Gasteiger partial charge in [0.15, 0.2) is 0 Å². The van der Waals surface area contributed by atoms with E-state index in [-0.39, 0.29) is 55.1 Å². The summed E-state index contributed by atoms with van der Waals surface area (Å²) in [5.74, 6) is -3.49. The largest absolute Gasteiger partial charge is 0.455 e. The van der Waals surface area contributed by atoms with Crippen molar-refractivity contribution in [3.8, 4) is 0 Å². The first-order valence-corrected chi connectivity index (χ1v) is 18.8. The molecule has 3 aromatic rings. The van der Waals surface area contributed by atoms with Crippen molar-refractivity contribution < 1.29 is 33.8 Å². The van der Waals surface area contributed by atoms with Gasteiger partial charge in [0.2, 0.25) is 11.8 Å². The number of alkyl halides is 1. The third kappa shape index (κ3) is 6.70. The summed E-state index contributed by atoms with van der Waals surface area (Å²) in [6, 6.07) is 21.2. The number of halogens is 1. The van der Waals surface area contributed by atoms with Crippen LogP contribution < -0.4 is 4.90 Å². The van der Waals surface area contributed by atoms with E-state index in [0.717, 1.165) is 10.8 Å². The number of rotatable bonds is 15. The van der Waals surface area contributed by atoms with Crippen molar-refractivity contribution in [1.29, 1.82) is 0 Å². The average Bonchev–Trinajstić information content (AvgIpc) is 3.76. The number of hydrogen-bond acceptors (Lipinski definition) is 7. The highest BCUT2D eigenvalue weighted by atomic mass is 79.9. The van der Waals surface area contributed by atoms with Gasteiger partial charge in [-0.15, -0.1) is 13.2 Å². The van der Waals surface area contributed by atoms with E-state index in [9.17, 15) is 24.3 Å². The molecule has 1 N–H and O–H groups in total. The van der Waals surface area contributed by atoms with Crippen LogP contribution in [0.3, 0.4) is 0 Å². The Labute approximate surface area is 313 Å². The van der Waals surface area contributed by atoms with Crippen LogP contribution in [0.4, 0.5) is 5.69 Å². The van der Waals surface area contributed by atoms with Gasteiger partial charge in [-0.3, -0.25) is 19.2 Å². The third-order valence-corrected chi connectivity index (χ3v) is 11.7. The number of carbonyl (C=O) groups is 4. The molecule has 3 amide bonds. The molecule has 274 valence electrons. The first-order chi connectivity index (χ1) is 25.1. The number of nitrogens with zero attached hydrogens (tertiary/aromatic N) is 3. The van der Waals surface area contributed by atoms with Crippen LogP contribution in [0, 0.1) is 11.8 Å². The molecule has 8 atom stereocenters. The Hall–Kier alpha value is -4.32. The Morgan fingerprint density at radius 3 is 2.48 bits per heavy atom. The van der Waals surface area contributed by atoms with Crippen molar-refractivity contribution in [2.45, 2.75) is 67.3 Å². The maximum absolute atomic E-state index is 14.9. The van der Waals surface area contributed by atoms with Crippen molar-refractivity contribution >= 4 is 56.1 Å². The molecule has 1 spiro atoms. The number of fused-ring (bicyclic) bond motifs is 2. The lowest BCUT2D eigenvalue weighted by atomic mass is 9.70. The van der Waals surface area contributed by atoms with Gasteiger partial charge in [0, 0.05) is 43.7 Å². The van der Waals surface area contributed by atoms with E-state index in [4.69, 9.17) is 9.47 Å². The number of likely N-dealkylation sites (tertiary alicyclic amines) is 1. The molecule has 6 rings (SSSR count). The molecule has 10 nitrogen and oxygen atoms in total. The standard InChI is InChI=1S/C41H46BrN3O7/c1-5-7-18-32(47)43(4)26(3)35(28-15-9-8-10-16-28)51-40(50)33-34-38(48)45(22-13-23-46)37(41(34)25-31(42)36(33)52-41)39(49)44(21-6-2)30-20-19-27-14-11-12-17-29(27)24-30/h5-6,8-12,14-17,19-20,24,26,31,33-37,46H,1-2,7,13,18,21-23,25H2,3-4H3/t26-,31?,33-,34+,35+,36-,37-,41+/m0/s1. The minimum Gasteiger partial charge on any atom is -0.455 e. The number of anilines is 1. The van der Waals surface area contributed by atoms with Gasteiger partial charge in [-0.25, -0.2) is 0 Å². The van der Waals surface area contributed by atoms with E-state index < -0.39 is 47.7 Å². The monoisotopic (exact) mass is 771 g/mol. The Balaban J connectivity index is 1.35. The van der Waals surface area contributed by atoms with Crippen LogP contribution in [0.1, 0.15) is 44.3 Å². The lowest BCUT2D eigenvalue weighted by Crippen LogP contribution is -2.57. The summed E-state index contributed by atoms with van der Waals surface area (Å²) in [6.07, 6.45) is 3.10. The van der Waals surface area contributed by atoms with E-state index in [2.05, 4.69) is 29.1 Å². The number of likely N-dealkylation sites (N-methyl/N-ethyl adjacent to an activating group) is 1. The summed E-state index contributed by atoms with van der Waals surface area (Å²) in [5, 5.41) is 11.8. The van der Waals surface area contributed by atoms with Crippen molar-refractivity contribution in [3.05, 3.63) is 104 Å². The highest BCUT2D eigenvalue weighted by Crippen LogP contribution is 2.60. The van der Waals surface area contributed by atoms with Crippen LogP contribution in [0.25, 0.3) is 10.8 Å². The maximum Gasteiger partial charge on any atom is 0.313 e. The third-order valence-electron chi connectivity index (χ3n) is 10.9. The Morgan fingerprint density at radius 2 is 1.79 bits per heavy atom. The second-order valence-corrected chi connectivity index (χ2v) is 15.1. The Kier molecular flexibility index (Phi) is 11.3. The molecule has 3 aliphatic rings. The molecule has 0 aliphatic carbocycles. The number of allylic oxidation sites excluding steroid dienone is 1. The highest BCUT2D eigenvalue weighted by Gasteiger charge is 2.77. The summed E-state index contributed by atoms with van der Waals surface area (Å²) in [5.41, 5.74) is 0.0170. The summed E-state index contributed by atoms with van der Waals surface area (Å²) >= 11 is 3.75. The van der Waals surface area contributed by atoms with Crippen LogP contribution in [0.15, 0.2) is 98.1 Å². The number of aliphatic hydroxyl groups excluding tert-OH is 1. The number of benzene rings is 3. The number of esters is 1. The van der Waals surface area contributed by atoms with Crippen LogP contribution in [0.5, 0.6) is 0 Å². The number of amides is 3.